The molecule has 9 atom stereocenters. The third-order valence-electron chi connectivity index (χ3n) is 13.6. The molecule has 4 fully saturated rings. The molecule has 6 heteroatoms. The number of amides is 1. The van der Waals surface area contributed by atoms with Gasteiger partial charge in [-0.05, 0) is 110 Å². The van der Waals surface area contributed by atoms with Crippen LogP contribution in [0.15, 0.2) is 35.9 Å². The topological polar surface area (TPSA) is 92.7 Å². The van der Waals surface area contributed by atoms with Gasteiger partial charge >= 0.3 is 0 Å². The second-order valence-corrected chi connectivity index (χ2v) is 15.9. The summed E-state index contributed by atoms with van der Waals surface area (Å²) in [5, 5.41) is 10.1. The van der Waals surface area contributed by atoms with E-state index < -0.39 is 0 Å². The molecule has 46 heavy (non-hydrogen) atoms. The molecule has 5 aliphatic carbocycles. The van der Waals surface area contributed by atoms with Crippen molar-refractivity contribution in [2.24, 2.45) is 51.2 Å². The molecule has 6 rings (SSSR count). The van der Waals surface area contributed by atoms with Gasteiger partial charge in [0, 0.05) is 32.4 Å². The summed E-state index contributed by atoms with van der Waals surface area (Å²) in [6.45, 7) is 12.6. The number of benzene rings is 1. The van der Waals surface area contributed by atoms with E-state index >= 15 is 0 Å². The Kier molecular flexibility index (Phi) is 12.3. The highest BCUT2D eigenvalue weighted by Crippen LogP contribution is 2.70. The number of methoxy groups -OCH3 is 1. The quantitative estimate of drug-likeness (QED) is 0.256. The van der Waals surface area contributed by atoms with Gasteiger partial charge < -0.3 is 15.2 Å². The predicted molar refractivity (Wildman–Crippen MR) is 187 cm³/mol. The van der Waals surface area contributed by atoms with E-state index in [4.69, 9.17) is 9.84 Å². The van der Waals surface area contributed by atoms with Gasteiger partial charge in [0.15, 0.2) is 12.6 Å². The van der Waals surface area contributed by atoms with Crippen molar-refractivity contribution in [3.05, 3.63) is 47.0 Å². The van der Waals surface area contributed by atoms with Crippen molar-refractivity contribution < 1.29 is 24.2 Å². The average Bonchev–Trinajstić information content (AvgIpc) is 3.05. The van der Waals surface area contributed by atoms with Crippen molar-refractivity contribution in [3.8, 4) is 0 Å². The Hall–Kier alpha value is -2.31. The summed E-state index contributed by atoms with van der Waals surface area (Å²) < 4.78 is 5.92. The van der Waals surface area contributed by atoms with Gasteiger partial charge in [0.2, 0.25) is 5.91 Å². The van der Waals surface area contributed by atoms with Crippen LogP contribution in [0.1, 0.15) is 127 Å². The van der Waals surface area contributed by atoms with Crippen LogP contribution in [-0.4, -0.2) is 51.0 Å². The molecule has 9 unspecified atom stereocenters. The number of nitrogens with one attached hydrogen (secondary N) is 1. The molecular formula is C40H63NO5. The Balaban J connectivity index is 0.000000378. The lowest BCUT2D eigenvalue weighted by Gasteiger charge is -2.66. The maximum atomic E-state index is 13.4. The molecule has 0 aromatic heterocycles. The van der Waals surface area contributed by atoms with E-state index in [0.717, 1.165) is 31.8 Å². The molecule has 0 aliphatic heterocycles. The number of aldehydes is 2. The zero-order chi connectivity index (χ0) is 33.2. The number of ether oxygens (including phenoxy) is 1. The number of aliphatic hydroxyl groups excluding tert-OH is 1. The molecular weight excluding hydrogens is 574 g/mol. The molecule has 2 N–H and O–H groups in total. The fraction of sp³-hybridized carbons (Fsp3) is 0.725. The monoisotopic (exact) mass is 637 g/mol. The summed E-state index contributed by atoms with van der Waals surface area (Å²) in [4.78, 5) is 33.8. The van der Waals surface area contributed by atoms with E-state index in [1.807, 2.05) is 14.2 Å². The number of rotatable bonds is 4. The highest BCUT2D eigenvalue weighted by atomic mass is 16.5. The number of allylic oxidation sites excluding steroid dienone is 2. The van der Waals surface area contributed by atoms with Crippen molar-refractivity contribution in [1.29, 1.82) is 0 Å². The third-order valence-corrected chi connectivity index (χ3v) is 13.6. The Morgan fingerprint density at radius 2 is 1.50 bits per heavy atom. The maximum absolute atomic E-state index is 13.4. The average molecular weight is 638 g/mol. The van der Waals surface area contributed by atoms with Crippen LogP contribution in [0.2, 0.25) is 0 Å². The van der Waals surface area contributed by atoms with Crippen LogP contribution in [0.3, 0.4) is 0 Å². The highest BCUT2D eigenvalue weighted by molar-refractivity contribution is 5.90. The van der Waals surface area contributed by atoms with Crippen LogP contribution in [-0.2, 0) is 9.53 Å². The molecule has 1 amide bonds. The van der Waals surface area contributed by atoms with Crippen molar-refractivity contribution >= 4 is 18.5 Å². The summed E-state index contributed by atoms with van der Waals surface area (Å²) in [5.41, 5.74) is 3.55. The van der Waals surface area contributed by atoms with Gasteiger partial charge in [-0.3, -0.25) is 14.4 Å². The first kappa shape index (κ1) is 38.1. The van der Waals surface area contributed by atoms with E-state index in [9.17, 15) is 14.4 Å². The minimum atomic E-state index is -0.165. The molecule has 4 saturated carbocycles. The lowest BCUT2D eigenvalue weighted by atomic mass is 9.38. The van der Waals surface area contributed by atoms with E-state index in [0.29, 0.717) is 69.7 Å². The zero-order valence-electron chi connectivity index (χ0n) is 29.2. The second-order valence-electron chi connectivity index (χ2n) is 15.9. The maximum Gasteiger partial charge on any atom is 0.226 e. The summed E-state index contributed by atoms with van der Waals surface area (Å²) in [7, 11) is 4.77. The molecule has 5 aliphatic rings. The van der Waals surface area contributed by atoms with Crippen LogP contribution in [0.4, 0.5) is 0 Å². The molecule has 0 bridgehead atoms. The molecule has 0 spiro atoms. The molecule has 6 nitrogen and oxygen atoms in total. The van der Waals surface area contributed by atoms with Gasteiger partial charge in [-0.1, -0.05) is 78.0 Å². The standard InChI is InChI=1S/C30H49NO2.C8H6O2.CH4O.CH4/c1-19-21-10-13-29(5)22-11-15-30(26(32)31-6)17-16-27(2,3)18-23(30)20(22)8-9-25(29)28(21,4)14-12-24(19)33-7;9-5-7-3-1-2-4-8(7)6-10;1-2;/h8,19,21-25H,9-18H2,1-7H3,(H,31,32);1-6H;2H,1H3;1H4. The summed E-state index contributed by atoms with van der Waals surface area (Å²) in [5.74, 6) is 3.63. The molecule has 0 heterocycles. The molecule has 1 aromatic carbocycles. The molecule has 0 radical (unpaired) electrons. The third kappa shape index (κ3) is 6.42. The van der Waals surface area contributed by atoms with Gasteiger partial charge in [0.1, 0.15) is 0 Å². The van der Waals surface area contributed by atoms with E-state index in [-0.39, 0.29) is 12.8 Å². The van der Waals surface area contributed by atoms with Gasteiger partial charge in [-0.2, -0.15) is 0 Å². The summed E-state index contributed by atoms with van der Waals surface area (Å²) in [6.07, 6.45) is 16.6. The first-order valence-corrected chi connectivity index (χ1v) is 17.3. The number of aliphatic hydroxyl groups is 1. The van der Waals surface area contributed by atoms with Crippen LogP contribution in [0, 0.1) is 51.2 Å². The largest absolute Gasteiger partial charge is 0.400 e. The fourth-order valence-corrected chi connectivity index (χ4v) is 11.2. The summed E-state index contributed by atoms with van der Waals surface area (Å²) >= 11 is 0. The fourth-order valence-electron chi connectivity index (χ4n) is 11.2. The Morgan fingerprint density at radius 3 is 2.07 bits per heavy atom. The Bertz CT molecular complexity index is 1230. The zero-order valence-corrected chi connectivity index (χ0v) is 29.2. The Morgan fingerprint density at radius 1 is 0.891 bits per heavy atom. The van der Waals surface area contributed by atoms with Gasteiger partial charge in [-0.25, -0.2) is 0 Å². The minimum Gasteiger partial charge on any atom is -0.400 e. The normalized spacial score (nSPS) is 38.4. The van der Waals surface area contributed by atoms with Gasteiger partial charge in [0.05, 0.1) is 11.5 Å². The SMILES string of the molecule is C.CNC(=O)C12CCC3C(=CCC4C3(C)CCC3C(C)C(OC)CCC34C)C1CC(C)(C)CC2.CO.O=Cc1ccccc1C=O. The van der Waals surface area contributed by atoms with E-state index in [2.05, 4.69) is 46.0 Å². The first-order valence-electron chi connectivity index (χ1n) is 17.3. The Labute approximate surface area is 279 Å². The van der Waals surface area contributed by atoms with Crippen molar-refractivity contribution in [1.82, 2.24) is 5.32 Å². The predicted octanol–water partition coefficient (Wildman–Crippen LogP) is 8.33. The second kappa shape index (κ2) is 14.8. The van der Waals surface area contributed by atoms with E-state index in [1.165, 1.54) is 51.4 Å². The van der Waals surface area contributed by atoms with Crippen LogP contribution in [0.5, 0.6) is 0 Å². The van der Waals surface area contributed by atoms with Crippen molar-refractivity contribution in [2.45, 2.75) is 112 Å². The molecule has 1 aromatic rings. The van der Waals surface area contributed by atoms with Crippen LogP contribution >= 0.6 is 0 Å². The van der Waals surface area contributed by atoms with Gasteiger partial charge in [0.25, 0.3) is 0 Å². The lowest BCUT2D eigenvalue weighted by molar-refractivity contribution is -0.164. The molecule has 0 saturated heterocycles. The minimum absolute atomic E-state index is 0. The van der Waals surface area contributed by atoms with Crippen LogP contribution in [0.25, 0.3) is 0 Å². The van der Waals surface area contributed by atoms with Crippen LogP contribution < -0.4 is 5.32 Å². The van der Waals surface area contributed by atoms with Crippen molar-refractivity contribution in [3.63, 3.8) is 0 Å². The molecule has 258 valence electrons. The number of carbonyl (C=O) groups is 3. The lowest BCUT2D eigenvalue weighted by Crippen LogP contribution is -2.61. The van der Waals surface area contributed by atoms with Crippen molar-refractivity contribution in [2.75, 3.05) is 21.3 Å². The smallest absolute Gasteiger partial charge is 0.226 e. The highest BCUT2D eigenvalue weighted by Gasteiger charge is 2.64. The first-order chi connectivity index (χ1) is 21.4. The summed E-state index contributed by atoms with van der Waals surface area (Å²) in [6, 6.07) is 6.65. The number of hydrogen-bond donors (Lipinski definition) is 2. The number of carbonyl (C=O) groups excluding carboxylic acids is 3. The van der Waals surface area contributed by atoms with E-state index in [1.54, 1.807) is 29.8 Å². The number of hydrogen-bond acceptors (Lipinski definition) is 5. The number of fused-ring (bicyclic) bond motifs is 7. The van der Waals surface area contributed by atoms with Gasteiger partial charge in [-0.15, -0.1) is 0 Å².